The van der Waals surface area contributed by atoms with Crippen LogP contribution in [0.2, 0.25) is 5.02 Å². The smallest absolute Gasteiger partial charge is 0.165 e. The minimum atomic E-state index is 0.00250. The van der Waals surface area contributed by atoms with Crippen LogP contribution in [-0.4, -0.2) is 14.8 Å². The Morgan fingerprint density at radius 2 is 1.79 bits per heavy atom. The molecule has 0 bridgehead atoms. The van der Waals surface area contributed by atoms with Crippen LogP contribution in [-0.2, 0) is 12.5 Å². The van der Waals surface area contributed by atoms with E-state index in [4.69, 9.17) is 11.6 Å². The lowest BCUT2D eigenvalue weighted by atomic mass is 9.91. The van der Waals surface area contributed by atoms with Gasteiger partial charge in [-0.1, -0.05) is 41.9 Å². The lowest BCUT2D eigenvalue weighted by Gasteiger charge is -2.18. The zero-order chi connectivity index (χ0) is 16.9. The molecule has 0 spiro atoms. The molecule has 1 aliphatic rings. The van der Waals surface area contributed by atoms with Crippen molar-refractivity contribution in [2.24, 2.45) is 7.05 Å². The average Bonchev–Trinajstić information content (AvgIpc) is 3.26. The lowest BCUT2D eigenvalue weighted by molar-refractivity contribution is 0.690. The number of nitrogens with zero attached hydrogens (tertiary/aromatic N) is 3. The van der Waals surface area contributed by atoms with Gasteiger partial charge < -0.3 is 4.57 Å². The molecule has 0 amide bonds. The van der Waals surface area contributed by atoms with Crippen molar-refractivity contribution in [3.8, 4) is 11.4 Å². The standard InChI is InChI=1S/C20H20ClN3/c1-13-8-9-15(17(21)12-13)18-22-23-19(24(18)3)20(10-11-20)16-7-5-4-6-14(16)2/h4-9,12H,10-11H2,1-3H3. The van der Waals surface area contributed by atoms with Gasteiger partial charge in [0.05, 0.1) is 10.4 Å². The van der Waals surface area contributed by atoms with Gasteiger partial charge in [0.1, 0.15) is 5.82 Å². The maximum absolute atomic E-state index is 6.44. The van der Waals surface area contributed by atoms with Crippen molar-refractivity contribution >= 4 is 11.6 Å². The van der Waals surface area contributed by atoms with Crippen LogP contribution < -0.4 is 0 Å². The SMILES string of the molecule is Cc1ccc(-c2nnc(C3(c4ccccc4C)CC3)n2C)c(Cl)c1. The van der Waals surface area contributed by atoms with E-state index in [9.17, 15) is 0 Å². The highest BCUT2D eigenvalue weighted by atomic mass is 35.5. The fourth-order valence-electron chi connectivity index (χ4n) is 3.63. The molecule has 0 unspecified atom stereocenters. The van der Waals surface area contributed by atoms with Gasteiger partial charge in [0.15, 0.2) is 5.82 Å². The Labute approximate surface area is 147 Å². The first-order chi connectivity index (χ1) is 11.5. The van der Waals surface area contributed by atoms with Gasteiger partial charge >= 0.3 is 0 Å². The number of rotatable bonds is 3. The highest BCUT2D eigenvalue weighted by Crippen LogP contribution is 2.54. The van der Waals surface area contributed by atoms with Crippen molar-refractivity contribution in [1.29, 1.82) is 0 Å². The first-order valence-corrected chi connectivity index (χ1v) is 8.63. The molecule has 24 heavy (non-hydrogen) atoms. The quantitative estimate of drug-likeness (QED) is 0.685. The predicted molar refractivity (Wildman–Crippen MR) is 97.4 cm³/mol. The maximum atomic E-state index is 6.44. The largest absolute Gasteiger partial charge is 0.313 e. The number of hydrogen-bond donors (Lipinski definition) is 0. The summed E-state index contributed by atoms with van der Waals surface area (Å²) in [5.41, 5.74) is 4.76. The summed E-state index contributed by atoms with van der Waals surface area (Å²) in [7, 11) is 2.04. The van der Waals surface area contributed by atoms with Gasteiger partial charge in [0, 0.05) is 12.6 Å². The summed E-state index contributed by atoms with van der Waals surface area (Å²) in [6.07, 6.45) is 2.23. The second-order valence-electron chi connectivity index (χ2n) is 6.79. The van der Waals surface area contributed by atoms with Gasteiger partial charge in [0.2, 0.25) is 0 Å². The van der Waals surface area contributed by atoms with Crippen molar-refractivity contribution in [3.63, 3.8) is 0 Å². The Hall–Kier alpha value is -2.13. The molecule has 2 aromatic carbocycles. The third-order valence-electron chi connectivity index (χ3n) is 5.08. The molecule has 122 valence electrons. The molecule has 3 aromatic rings. The summed E-state index contributed by atoms with van der Waals surface area (Å²) in [4.78, 5) is 0. The minimum absolute atomic E-state index is 0.00250. The van der Waals surface area contributed by atoms with Gasteiger partial charge in [-0.05, 0) is 55.5 Å². The normalized spacial score (nSPS) is 15.5. The van der Waals surface area contributed by atoms with Gasteiger partial charge in [-0.25, -0.2) is 0 Å². The molecule has 0 saturated heterocycles. The fourth-order valence-corrected chi connectivity index (χ4v) is 3.95. The average molecular weight is 338 g/mol. The molecule has 1 fully saturated rings. The van der Waals surface area contributed by atoms with E-state index >= 15 is 0 Å². The number of aryl methyl sites for hydroxylation is 2. The number of halogens is 1. The van der Waals surface area contributed by atoms with Crippen LogP contribution in [0, 0.1) is 13.8 Å². The van der Waals surface area contributed by atoms with E-state index in [1.165, 1.54) is 11.1 Å². The summed E-state index contributed by atoms with van der Waals surface area (Å²) in [6.45, 7) is 4.21. The molecule has 1 aromatic heterocycles. The van der Waals surface area contributed by atoms with Crippen molar-refractivity contribution in [1.82, 2.24) is 14.8 Å². The Bertz CT molecular complexity index is 922. The van der Waals surface area contributed by atoms with Crippen LogP contribution in [0.5, 0.6) is 0 Å². The van der Waals surface area contributed by atoms with E-state index in [2.05, 4.69) is 52.0 Å². The van der Waals surface area contributed by atoms with Crippen molar-refractivity contribution in [3.05, 3.63) is 70.0 Å². The zero-order valence-corrected chi connectivity index (χ0v) is 14.9. The Balaban J connectivity index is 1.82. The Morgan fingerprint density at radius 3 is 2.46 bits per heavy atom. The van der Waals surface area contributed by atoms with Crippen molar-refractivity contribution in [2.75, 3.05) is 0 Å². The van der Waals surface area contributed by atoms with E-state index < -0.39 is 0 Å². The Morgan fingerprint density at radius 1 is 1.04 bits per heavy atom. The second kappa shape index (κ2) is 5.45. The van der Waals surface area contributed by atoms with Gasteiger partial charge in [-0.15, -0.1) is 10.2 Å². The maximum Gasteiger partial charge on any atom is 0.165 e. The summed E-state index contributed by atoms with van der Waals surface area (Å²) in [5, 5.41) is 9.75. The first-order valence-electron chi connectivity index (χ1n) is 8.25. The summed E-state index contributed by atoms with van der Waals surface area (Å²) in [6, 6.07) is 14.6. The number of aromatic nitrogens is 3. The summed E-state index contributed by atoms with van der Waals surface area (Å²) in [5.74, 6) is 1.86. The van der Waals surface area contributed by atoms with E-state index in [0.717, 1.165) is 40.6 Å². The van der Waals surface area contributed by atoms with Crippen LogP contribution in [0.25, 0.3) is 11.4 Å². The van der Waals surface area contributed by atoms with Crippen LogP contribution >= 0.6 is 11.6 Å². The van der Waals surface area contributed by atoms with Gasteiger partial charge in [0.25, 0.3) is 0 Å². The predicted octanol–water partition coefficient (Wildman–Crippen LogP) is 4.83. The van der Waals surface area contributed by atoms with Crippen LogP contribution in [0.3, 0.4) is 0 Å². The molecule has 0 N–H and O–H groups in total. The molecule has 0 atom stereocenters. The van der Waals surface area contributed by atoms with Crippen molar-refractivity contribution in [2.45, 2.75) is 32.1 Å². The third kappa shape index (κ3) is 2.27. The summed E-state index contributed by atoms with van der Waals surface area (Å²) >= 11 is 6.44. The first kappa shape index (κ1) is 15.4. The molecular weight excluding hydrogens is 318 g/mol. The zero-order valence-electron chi connectivity index (χ0n) is 14.2. The fraction of sp³-hybridized carbons (Fsp3) is 0.300. The third-order valence-corrected chi connectivity index (χ3v) is 5.39. The number of hydrogen-bond acceptors (Lipinski definition) is 2. The molecular formula is C20H20ClN3. The number of benzene rings is 2. The van der Waals surface area contributed by atoms with E-state index in [1.807, 2.05) is 26.1 Å². The molecule has 1 aliphatic carbocycles. The molecule has 1 heterocycles. The molecule has 0 radical (unpaired) electrons. The van der Waals surface area contributed by atoms with Gasteiger partial charge in [-0.2, -0.15) is 0 Å². The van der Waals surface area contributed by atoms with Crippen molar-refractivity contribution < 1.29 is 0 Å². The van der Waals surface area contributed by atoms with E-state index in [0.29, 0.717) is 0 Å². The molecule has 4 heteroatoms. The molecule has 4 rings (SSSR count). The topological polar surface area (TPSA) is 30.7 Å². The summed E-state index contributed by atoms with van der Waals surface area (Å²) < 4.78 is 2.11. The van der Waals surface area contributed by atoms with Crippen LogP contribution in [0.4, 0.5) is 0 Å². The van der Waals surface area contributed by atoms with Gasteiger partial charge in [-0.3, -0.25) is 0 Å². The monoisotopic (exact) mass is 337 g/mol. The van der Waals surface area contributed by atoms with E-state index in [1.54, 1.807) is 0 Å². The van der Waals surface area contributed by atoms with Crippen LogP contribution in [0.1, 0.15) is 35.4 Å². The second-order valence-corrected chi connectivity index (χ2v) is 7.19. The van der Waals surface area contributed by atoms with Crippen LogP contribution in [0.15, 0.2) is 42.5 Å². The molecule has 0 aliphatic heterocycles. The molecule has 1 saturated carbocycles. The highest BCUT2D eigenvalue weighted by Gasteiger charge is 2.50. The van der Waals surface area contributed by atoms with E-state index in [-0.39, 0.29) is 5.41 Å². The Kier molecular flexibility index (Phi) is 3.50. The lowest BCUT2D eigenvalue weighted by Crippen LogP contribution is -2.16. The minimum Gasteiger partial charge on any atom is -0.313 e. The highest BCUT2D eigenvalue weighted by molar-refractivity contribution is 6.33. The molecule has 3 nitrogen and oxygen atoms in total.